The maximum absolute atomic E-state index is 11.9. The number of carbonyl (C=O) groups is 1. The zero-order valence-corrected chi connectivity index (χ0v) is 13.0. The molecule has 2 aliphatic carbocycles. The second-order valence-electron chi connectivity index (χ2n) is 6.52. The third-order valence-electron chi connectivity index (χ3n) is 5.12. The zero-order chi connectivity index (χ0) is 15.0. The standard InChI is InChI=1S/C17H25N2O2/c1-3-7-18(8-4-2)15-6-5-12-9-13-10-17(20)19(21)16(13)11-14(12)15/h5,9,14-16H,3-4,6-8,10-11H2,1-2H3/q+1. The highest BCUT2D eigenvalue weighted by Gasteiger charge is 2.51. The van der Waals surface area contributed by atoms with Gasteiger partial charge in [0.1, 0.15) is 6.42 Å². The molecule has 0 N–H and O–H groups in total. The molecule has 4 heteroatoms. The van der Waals surface area contributed by atoms with E-state index < -0.39 is 0 Å². The third kappa shape index (κ3) is 2.50. The van der Waals surface area contributed by atoms with Crippen LogP contribution in [0.25, 0.3) is 0 Å². The van der Waals surface area contributed by atoms with Crippen LogP contribution >= 0.6 is 0 Å². The van der Waals surface area contributed by atoms with Crippen molar-refractivity contribution >= 4 is 5.91 Å². The average Bonchev–Trinajstić information content (AvgIpc) is 2.99. The lowest BCUT2D eigenvalue weighted by molar-refractivity contribution is -0.488. The van der Waals surface area contributed by atoms with Crippen molar-refractivity contribution in [2.45, 2.75) is 58.0 Å². The SMILES string of the molecule is CCCN(CCC)C1CC=C2C=C3CC(=O)[N+](=O)C3CC21. The lowest BCUT2D eigenvalue weighted by Gasteiger charge is -2.35. The fourth-order valence-corrected chi connectivity index (χ4v) is 4.22. The van der Waals surface area contributed by atoms with Crippen molar-refractivity contribution in [2.24, 2.45) is 5.92 Å². The summed E-state index contributed by atoms with van der Waals surface area (Å²) in [4.78, 5) is 26.2. The van der Waals surface area contributed by atoms with Crippen LogP contribution in [0.15, 0.2) is 23.3 Å². The Morgan fingerprint density at radius 1 is 1.29 bits per heavy atom. The molecule has 1 aliphatic heterocycles. The molecule has 1 fully saturated rings. The molecular formula is C17H25N2O2+. The van der Waals surface area contributed by atoms with Crippen molar-refractivity contribution in [1.29, 1.82) is 0 Å². The molecule has 0 bridgehead atoms. The largest absolute Gasteiger partial charge is 0.438 e. The Hall–Kier alpha value is -1.29. The van der Waals surface area contributed by atoms with E-state index in [1.54, 1.807) is 0 Å². The van der Waals surface area contributed by atoms with Gasteiger partial charge in [-0.25, -0.2) is 4.79 Å². The van der Waals surface area contributed by atoms with Crippen LogP contribution in [0.4, 0.5) is 0 Å². The molecule has 1 amide bonds. The van der Waals surface area contributed by atoms with Crippen molar-refractivity contribution in [3.63, 3.8) is 0 Å². The quantitative estimate of drug-likeness (QED) is 0.731. The van der Waals surface area contributed by atoms with Crippen molar-refractivity contribution in [3.05, 3.63) is 28.2 Å². The highest BCUT2D eigenvalue weighted by molar-refractivity contribution is 5.74. The van der Waals surface area contributed by atoms with Crippen LogP contribution < -0.4 is 0 Å². The van der Waals surface area contributed by atoms with Gasteiger partial charge in [-0.1, -0.05) is 26.0 Å². The van der Waals surface area contributed by atoms with Crippen molar-refractivity contribution in [2.75, 3.05) is 13.1 Å². The molecule has 4 nitrogen and oxygen atoms in total. The Labute approximate surface area is 126 Å². The molecule has 3 unspecified atom stereocenters. The minimum absolute atomic E-state index is 0.189. The first-order chi connectivity index (χ1) is 10.2. The number of hydrogen-bond acceptors (Lipinski definition) is 3. The highest BCUT2D eigenvalue weighted by atomic mass is 16.3. The molecule has 0 radical (unpaired) electrons. The van der Waals surface area contributed by atoms with Gasteiger partial charge in [-0.05, 0) is 37.9 Å². The summed E-state index contributed by atoms with van der Waals surface area (Å²) in [6.45, 7) is 6.69. The maximum Gasteiger partial charge on any atom is 0.438 e. The van der Waals surface area contributed by atoms with Gasteiger partial charge in [0.25, 0.3) is 0 Å². The third-order valence-corrected chi connectivity index (χ3v) is 5.12. The summed E-state index contributed by atoms with van der Waals surface area (Å²) in [7, 11) is 0. The van der Waals surface area contributed by atoms with E-state index in [1.165, 1.54) is 5.57 Å². The predicted octanol–water partition coefficient (Wildman–Crippen LogP) is 2.83. The minimum atomic E-state index is -0.262. The van der Waals surface area contributed by atoms with Gasteiger partial charge in [-0.2, -0.15) is 0 Å². The smallest absolute Gasteiger partial charge is 0.299 e. The van der Waals surface area contributed by atoms with Crippen LogP contribution in [0.5, 0.6) is 0 Å². The average molecular weight is 289 g/mol. The first-order valence-electron chi connectivity index (χ1n) is 8.29. The van der Waals surface area contributed by atoms with Gasteiger partial charge in [-0.3, -0.25) is 4.90 Å². The monoisotopic (exact) mass is 289 g/mol. The second-order valence-corrected chi connectivity index (χ2v) is 6.52. The molecule has 21 heavy (non-hydrogen) atoms. The molecule has 0 aromatic rings. The number of fused-ring (bicyclic) bond motifs is 2. The molecular weight excluding hydrogens is 264 g/mol. The van der Waals surface area contributed by atoms with E-state index in [4.69, 9.17) is 0 Å². The normalized spacial score (nSPS) is 31.3. The van der Waals surface area contributed by atoms with Gasteiger partial charge < -0.3 is 0 Å². The van der Waals surface area contributed by atoms with E-state index >= 15 is 0 Å². The molecule has 0 aromatic heterocycles. The molecule has 1 saturated heterocycles. The summed E-state index contributed by atoms with van der Waals surface area (Å²) >= 11 is 0. The van der Waals surface area contributed by atoms with E-state index in [-0.39, 0.29) is 11.9 Å². The number of amides is 1. The maximum atomic E-state index is 11.9. The molecule has 0 spiro atoms. The second kappa shape index (κ2) is 5.84. The Morgan fingerprint density at radius 3 is 2.67 bits per heavy atom. The molecule has 114 valence electrons. The first-order valence-corrected chi connectivity index (χ1v) is 8.29. The van der Waals surface area contributed by atoms with Crippen LogP contribution in [0.1, 0.15) is 46.0 Å². The molecule has 1 heterocycles. The number of nitroso groups, excluding NO2 is 1. The fourth-order valence-electron chi connectivity index (χ4n) is 4.22. The summed E-state index contributed by atoms with van der Waals surface area (Å²) in [5, 5.41) is 0. The van der Waals surface area contributed by atoms with Gasteiger partial charge in [0, 0.05) is 28.9 Å². The van der Waals surface area contributed by atoms with Crippen LogP contribution in [-0.2, 0) is 4.79 Å². The lowest BCUT2D eigenvalue weighted by atomic mass is 9.81. The number of allylic oxidation sites excluding steroid dienone is 1. The van der Waals surface area contributed by atoms with E-state index in [0.29, 0.717) is 18.4 Å². The van der Waals surface area contributed by atoms with E-state index in [2.05, 4.69) is 30.9 Å². The van der Waals surface area contributed by atoms with Crippen molar-refractivity contribution in [1.82, 2.24) is 4.90 Å². The zero-order valence-electron chi connectivity index (χ0n) is 13.0. The summed E-state index contributed by atoms with van der Waals surface area (Å²) in [6.07, 6.45) is 9.03. The van der Waals surface area contributed by atoms with Gasteiger partial charge in [0.2, 0.25) is 6.04 Å². The van der Waals surface area contributed by atoms with Crippen LogP contribution in [-0.4, -0.2) is 40.7 Å². The van der Waals surface area contributed by atoms with Gasteiger partial charge in [0.05, 0.1) is 4.76 Å². The van der Waals surface area contributed by atoms with Crippen LogP contribution in [0.2, 0.25) is 0 Å². The van der Waals surface area contributed by atoms with Crippen LogP contribution in [0, 0.1) is 10.8 Å². The topological polar surface area (TPSA) is 40.4 Å². The van der Waals surface area contributed by atoms with Crippen LogP contribution in [0.3, 0.4) is 0 Å². The Kier molecular flexibility index (Phi) is 4.07. The van der Waals surface area contributed by atoms with Crippen molar-refractivity contribution in [3.8, 4) is 0 Å². The summed E-state index contributed by atoms with van der Waals surface area (Å²) < 4.78 is 0.724. The Morgan fingerprint density at radius 2 is 2.00 bits per heavy atom. The Balaban J connectivity index is 1.80. The van der Waals surface area contributed by atoms with E-state index in [0.717, 1.165) is 49.1 Å². The van der Waals surface area contributed by atoms with Crippen molar-refractivity contribution < 1.29 is 9.55 Å². The Bertz CT molecular complexity index is 515. The predicted molar refractivity (Wildman–Crippen MR) is 81.9 cm³/mol. The molecule has 3 atom stereocenters. The number of hydrogen-bond donors (Lipinski definition) is 0. The van der Waals surface area contributed by atoms with E-state index in [9.17, 15) is 9.70 Å². The highest BCUT2D eigenvalue weighted by Crippen LogP contribution is 2.43. The summed E-state index contributed by atoms with van der Waals surface area (Å²) in [5.74, 6) is 0.168. The first kappa shape index (κ1) is 14.6. The molecule has 0 aromatic carbocycles. The van der Waals surface area contributed by atoms with Gasteiger partial charge in [0.15, 0.2) is 0 Å². The van der Waals surface area contributed by atoms with E-state index in [1.807, 2.05) is 0 Å². The number of rotatable bonds is 5. The number of carbonyl (C=O) groups excluding carboxylic acids is 1. The molecule has 3 aliphatic rings. The van der Waals surface area contributed by atoms with Gasteiger partial charge >= 0.3 is 5.91 Å². The summed E-state index contributed by atoms with van der Waals surface area (Å²) in [6, 6.07) is 0.326. The van der Waals surface area contributed by atoms with Gasteiger partial charge in [-0.15, -0.1) is 0 Å². The molecule has 3 rings (SSSR count). The number of nitrogens with zero attached hydrogens (tertiary/aromatic N) is 2. The summed E-state index contributed by atoms with van der Waals surface area (Å²) in [5.41, 5.74) is 2.40. The fraction of sp³-hybridized carbons (Fsp3) is 0.706. The molecule has 0 saturated carbocycles. The lowest BCUT2D eigenvalue weighted by Crippen LogP contribution is -2.42. The minimum Gasteiger partial charge on any atom is -0.299 e.